The van der Waals surface area contributed by atoms with E-state index in [-0.39, 0.29) is 17.9 Å². The number of nitrogens with zero attached hydrogens (tertiary/aromatic N) is 3. The third kappa shape index (κ3) is 5.07. The van der Waals surface area contributed by atoms with Crippen molar-refractivity contribution in [3.63, 3.8) is 0 Å². The Balaban J connectivity index is 1.63. The predicted octanol–water partition coefficient (Wildman–Crippen LogP) is 2.76. The number of carbonyl (C=O) groups is 1. The largest absolute Gasteiger partial charge is 0.573 e. The van der Waals surface area contributed by atoms with Gasteiger partial charge in [0.05, 0.1) is 19.0 Å². The predicted molar refractivity (Wildman–Crippen MR) is 84.8 cm³/mol. The molecule has 1 unspecified atom stereocenters. The first kappa shape index (κ1) is 18.5. The normalized spacial score (nSPS) is 12.6. The van der Waals surface area contributed by atoms with Crippen LogP contribution in [-0.4, -0.2) is 32.4 Å². The standard InChI is InChI=1S/C16H13F3N4O4/c17-16(18,19)27-11-4-1-3-10(7-11)20-15(25)12-8-23(22-21-12)9-13(24)14-5-2-6-26-14/h1-8,13,24H,9H2,(H,20,25). The molecule has 0 saturated heterocycles. The highest BCUT2D eigenvalue weighted by Gasteiger charge is 2.31. The molecular formula is C16H13F3N4O4. The van der Waals surface area contributed by atoms with E-state index in [1.165, 1.54) is 29.3 Å². The van der Waals surface area contributed by atoms with Gasteiger partial charge in [0.2, 0.25) is 0 Å². The van der Waals surface area contributed by atoms with Gasteiger partial charge < -0.3 is 19.6 Å². The zero-order valence-electron chi connectivity index (χ0n) is 13.6. The summed E-state index contributed by atoms with van der Waals surface area (Å²) in [7, 11) is 0. The van der Waals surface area contributed by atoms with Crippen molar-refractivity contribution in [2.45, 2.75) is 19.0 Å². The summed E-state index contributed by atoms with van der Waals surface area (Å²) >= 11 is 0. The molecule has 0 aliphatic carbocycles. The molecule has 1 aromatic carbocycles. The summed E-state index contributed by atoms with van der Waals surface area (Å²) in [5, 5.41) is 19.8. The van der Waals surface area contributed by atoms with E-state index in [0.717, 1.165) is 12.1 Å². The summed E-state index contributed by atoms with van der Waals surface area (Å²) in [6.45, 7) is 0.00268. The van der Waals surface area contributed by atoms with Gasteiger partial charge in [-0.15, -0.1) is 18.3 Å². The first-order valence-electron chi connectivity index (χ1n) is 7.59. The molecular weight excluding hydrogens is 369 g/mol. The van der Waals surface area contributed by atoms with E-state index in [4.69, 9.17) is 4.42 Å². The van der Waals surface area contributed by atoms with Crippen LogP contribution >= 0.6 is 0 Å². The zero-order valence-corrected chi connectivity index (χ0v) is 13.6. The van der Waals surface area contributed by atoms with Gasteiger partial charge in [0.25, 0.3) is 5.91 Å². The highest BCUT2D eigenvalue weighted by Crippen LogP contribution is 2.25. The van der Waals surface area contributed by atoms with Gasteiger partial charge in [-0.2, -0.15) is 0 Å². The number of anilines is 1. The number of carbonyl (C=O) groups excluding carboxylic acids is 1. The number of aliphatic hydroxyl groups excluding tert-OH is 1. The molecule has 1 atom stereocenters. The Labute approximate surface area is 150 Å². The topological polar surface area (TPSA) is 102 Å². The number of benzene rings is 1. The molecule has 27 heavy (non-hydrogen) atoms. The van der Waals surface area contributed by atoms with Gasteiger partial charge in [-0.05, 0) is 24.3 Å². The van der Waals surface area contributed by atoms with Gasteiger partial charge in [-0.1, -0.05) is 11.3 Å². The van der Waals surface area contributed by atoms with E-state index in [1.54, 1.807) is 12.1 Å². The number of aliphatic hydroxyl groups is 1. The maximum atomic E-state index is 12.3. The molecule has 3 rings (SSSR count). The lowest BCUT2D eigenvalue weighted by molar-refractivity contribution is -0.274. The average molecular weight is 382 g/mol. The molecule has 8 nitrogen and oxygen atoms in total. The van der Waals surface area contributed by atoms with Crippen molar-refractivity contribution in [1.29, 1.82) is 0 Å². The number of amides is 1. The summed E-state index contributed by atoms with van der Waals surface area (Å²) in [5.74, 6) is -0.818. The number of rotatable bonds is 6. The molecule has 11 heteroatoms. The molecule has 0 radical (unpaired) electrons. The first-order valence-corrected chi connectivity index (χ1v) is 7.59. The van der Waals surface area contributed by atoms with Crippen LogP contribution in [0.4, 0.5) is 18.9 Å². The molecule has 2 aromatic heterocycles. The van der Waals surface area contributed by atoms with Crippen molar-refractivity contribution in [2.24, 2.45) is 0 Å². The van der Waals surface area contributed by atoms with Crippen molar-refractivity contribution >= 4 is 11.6 Å². The minimum absolute atomic E-state index is 0.00268. The fourth-order valence-corrected chi connectivity index (χ4v) is 2.21. The van der Waals surface area contributed by atoms with Gasteiger partial charge in [0.1, 0.15) is 17.6 Å². The third-order valence-electron chi connectivity index (χ3n) is 3.33. The van der Waals surface area contributed by atoms with Crippen LogP contribution in [0.15, 0.2) is 53.3 Å². The minimum Gasteiger partial charge on any atom is -0.467 e. The van der Waals surface area contributed by atoms with Gasteiger partial charge in [0.15, 0.2) is 5.69 Å². The highest BCUT2D eigenvalue weighted by molar-refractivity contribution is 6.02. The maximum absolute atomic E-state index is 12.3. The zero-order chi connectivity index (χ0) is 19.4. The van der Waals surface area contributed by atoms with Gasteiger partial charge in [0, 0.05) is 11.8 Å². The second-order valence-corrected chi connectivity index (χ2v) is 5.39. The van der Waals surface area contributed by atoms with E-state index < -0.39 is 24.1 Å². The number of ether oxygens (including phenoxy) is 1. The van der Waals surface area contributed by atoms with E-state index >= 15 is 0 Å². The van der Waals surface area contributed by atoms with Crippen molar-refractivity contribution in [1.82, 2.24) is 15.0 Å². The smallest absolute Gasteiger partial charge is 0.467 e. The van der Waals surface area contributed by atoms with E-state index in [9.17, 15) is 23.1 Å². The molecule has 1 amide bonds. The van der Waals surface area contributed by atoms with Crippen LogP contribution in [0, 0.1) is 0 Å². The molecule has 2 heterocycles. The van der Waals surface area contributed by atoms with Crippen molar-refractivity contribution in [3.8, 4) is 5.75 Å². The minimum atomic E-state index is -4.83. The third-order valence-corrected chi connectivity index (χ3v) is 3.33. The van der Waals surface area contributed by atoms with Gasteiger partial charge in [-0.3, -0.25) is 4.79 Å². The number of nitrogens with one attached hydrogen (secondary N) is 1. The van der Waals surface area contributed by atoms with Crippen LogP contribution in [0.25, 0.3) is 0 Å². The Morgan fingerprint density at radius 1 is 1.33 bits per heavy atom. The molecule has 0 bridgehead atoms. The Bertz CT molecular complexity index is 909. The lowest BCUT2D eigenvalue weighted by Gasteiger charge is -2.10. The SMILES string of the molecule is O=C(Nc1cccc(OC(F)(F)F)c1)c1cn(CC(O)c2ccco2)nn1. The van der Waals surface area contributed by atoms with Crippen molar-refractivity contribution in [2.75, 3.05) is 5.32 Å². The second-order valence-electron chi connectivity index (χ2n) is 5.39. The summed E-state index contributed by atoms with van der Waals surface area (Å²) in [6, 6.07) is 8.03. The Morgan fingerprint density at radius 3 is 2.85 bits per heavy atom. The molecule has 0 spiro atoms. The van der Waals surface area contributed by atoms with Crippen LogP contribution in [-0.2, 0) is 6.54 Å². The fourth-order valence-electron chi connectivity index (χ4n) is 2.21. The van der Waals surface area contributed by atoms with Crippen molar-refractivity contribution < 1.29 is 32.2 Å². The van der Waals surface area contributed by atoms with Crippen LogP contribution in [0.2, 0.25) is 0 Å². The van der Waals surface area contributed by atoms with E-state index in [0.29, 0.717) is 5.76 Å². The number of aromatic nitrogens is 3. The molecule has 2 N–H and O–H groups in total. The monoisotopic (exact) mass is 382 g/mol. The quantitative estimate of drug-likeness (QED) is 0.680. The summed E-state index contributed by atoms with van der Waals surface area (Å²) in [4.78, 5) is 12.2. The van der Waals surface area contributed by atoms with E-state index in [2.05, 4.69) is 20.4 Å². The van der Waals surface area contributed by atoms with Crippen LogP contribution in [0.3, 0.4) is 0 Å². The van der Waals surface area contributed by atoms with Crippen LogP contribution in [0.1, 0.15) is 22.4 Å². The number of alkyl halides is 3. The number of halogens is 3. The summed E-state index contributed by atoms with van der Waals surface area (Å²) in [5.41, 5.74) is 0.00991. The summed E-state index contributed by atoms with van der Waals surface area (Å²) < 4.78 is 46.9. The fraction of sp³-hybridized carbons (Fsp3) is 0.188. The second kappa shape index (κ2) is 7.50. The Kier molecular flexibility index (Phi) is 5.12. The highest BCUT2D eigenvalue weighted by atomic mass is 19.4. The summed E-state index contributed by atoms with van der Waals surface area (Å²) in [6.07, 6.45) is -3.11. The Morgan fingerprint density at radius 2 is 2.15 bits per heavy atom. The lowest BCUT2D eigenvalue weighted by atomic mass is 10.3. The van der Waals surface area contributed by atoms with Crippen molar-refractivity contribution in [3.05, 3.63) is 60.3 Å². The molecule has 0 saturated carbocycles. The van der Waals surface area contributed by atoms with Gasteiger partial charge >= 0.3 is 6.36 Å². The molecule has 142 valence electrons. The average Bonchev–Trinajstić information content (AvgIpc) is 3.25. The number of furan rings is 1. The van der Waals surface area contributed by atoms with Crippen LogP contribution < -0.4 is 10.1 Å². The van der Waals surface area contributed by atoms with Gasteiger partial charge in [-0.25, -0.2) is 4.68 Å². The molecule has 0 aliphatic heterocycles. The molecule has 3 aromatic rings. The first-order chi connectivity index (χ1) is 12.8. The lowest BCUT2D eigenvalue weighted by Crippen LogP contribution is -2.17. The molecule has 0 fully saturated rings. The van der Waals surface area contributed by atoms with E-state index in [1.807, 2.05) is 0 Å². The number of hydrogen-bond donors (Lipinski definition) is 2. The molecule has 0 aliphatic rings. The maximum Gasteiger partial charge on any atom is 0.573 e. The Hall–Kier alpha value is -3.34. The number of hydrogen-bond acceptors (Lipinski definition) is 6. The van der Waals surface area contributed by atoms with Crippen LogP contribution in [0.5, 0.6) is 5.75 Å².